The van der Waals surface area contributed by atoms with E-state index in [0.29, 0.717) is 5.69 Å². The quantitative estimate of drug-likeness (QED) is 0.642. The summed E-state index contributed by atoms with van der Waals surface area (Å²) in [7, 11) is 1.30. The maximum absolute atomic E-state index is 13.5. The number of benzene rings is 2. The smallest absolute Gasteiger partial charge is 0.326 e. The number of methoxy groups -OCH3 is 1. The van der Waals surface area contributed by atoms with Gasteiger partial charge in [0.15, 0.2) is 0 Å². The van der Waals surface area contributed by atoms with Gasteiger partial charge in [-0.2, -0.15) is 0 Å². The zero-order valence-corrected chi connectivity index (χ0v) is 16.9. The zero-order chi connectivity index (χ0) is 20.9. The largest absolute Gasteiger partial charge is 0.468 e. The normalized spacial score (nSPS) is 28.6. The minimum Gasteiger partial charge on any atom is -0.468 e. The molecule has 4 rings (SSSR count). The van der Waals surface area contributed by atoms with Crippen molar-refractivity contribution >= 4 is 23.5 Å². The Morgan fingerprint density at radius 3 is 2.31 bits per heavy atom. The summed E-state index contributed by atoms with van der Waals surface area (Å²) in [6.07, 6.45) is 0. The summed E-state index contributed by atoms with van der Waals surface area (Å²) in [6, 6.07) is 14.5. The molecule has 0 radical (unpaired) electrons. The van der Waals surface area contributed by atoms with Crippen LogP contribution in [0.25, 0.3) is 0 Å². The number of imide groups is 1. The van der Waals surface area contributed by atoms with Gasteiger partial charge in [-0.05, 0) is 44.0 Å². The molecule has 2 amide bonds. The third kappa shape index (κ3) is 2.78. The van der Waals surface area contributed by atoms with E-state index in [4.69, 9.17) is 4.74 Å². The van der Waals surface area contributed by atoms with Crippen molar-refractivity contribution in [1.29, 1.82) is 0 Å². The topological polar surface area (TPSA) is 75.7 Å². The molecule has 29 heavy (non-hydrogen) atoms. The fourth-order valence-electron chi connectivity index (χ4n) is 4.69. The Balaban J connectivity index is 1.84. The van der Waals surface area contributed by atoms with E-state index in [9.17, 15) is 14.4 Å². The number of anilines is 1. The number of carbonyl (C=O) groups excluding carboxylic acids is 3. The monoisotopic (exact) mass is 392 g/mol. The number of esters is 1. The molecular formula is C23H24N2O4. The van der Waals surface area contributed by atoms with Gasteiger partial charge in [-0.3, -0.25) is 19.7 Å². The van der Waals surface area contributed by atoms with Gasteiger partial charge >= 0.3 is 5.97 Å². The Hall–Kier alpha value is -2.99. The molecule has 1 N–H and O–H groups in total. The first-order valence-corrected chi connectivity index (χ1v) is 9.65. The first-order chi connectivity index (χ1) is 13.8. The lowest BCUT2D eigenvalue weighted by atomic mass is 9.80. The summed E-state index contributed by atoms with van der Waals surface area (Å²) in [4.78, 5) is 40.9. The molecule has 2 aromatic carbocycles. The molecule has 0 bridgehead atoms. The number of rotatable bonds is 3. The maximum Gasteiger partial charge on any atom is 0.326 e. The Labute approximate surface area is 169 Å². The Kier molecular flexibility index (Phi) is 4.54. The van der Waals surface area contributed by atoms with Gasteiger partial charge in [-0.25, -0.2) is 4.90 Å². The summed E-state index contributed by atoms with van der Waals surface area (Å²) >= 11 is 0. The maximum atomic E-state index is 13.5. The van der Waals surface area contributed by atoms with E-state index < -0.39 is 29.4 Å². The third-order valence-electron chi connectivity index (χ3n) is 6.21. The number of carbonyl (C=O) groups is 3. The molecule has 150 valence electrons. The van der Waals surface area contributed by atoms with Crippen LogP contribution in [0.3, 0.4) is 0 Å². The second-order valence-corrected chi connectivity index (χ2v) is 8.02. The fraction of sp³-hybridized carbons (Fsp3) is 0.348. The SMILES string of the molecule is COC(=O)[C@]1(C)N[C@@H](c2ccccc2C)[C@H]2C(=O)N(c3ccc(C)cc3)C(=O)[C@@H]21. The first kappa shape index (κ1) is 19.3. The highest BCUT2D eigenvalue weighted by atomic mass is 16.5. The van der Waals surface area contributed by atoms with Crippen LogP contribution in [-0.4, -0.2) is 30.4 Å². The van der Waals surface area contributed by atoms with Crippen LogP contribution in [0.1, 0.15) is 29.7 Å². The number of nitrogens with zero attached hydrogens (tertiary/aromatic N) is 1. The predicted molar refractivity (Wildman–Crippen MR) is 108 cm³/mol. The van der Waals surface area contributed by atoms with E-state index in [-0.39, 0.29) is 11.8 Å². The molecule has 2 heterocycles. The number of aryl methyl sites for hydroxylation is 2. The molecule has 0 aromatic heterocycles. The van der Waals surface area contributed by atoms with Gasteiger partial charge in [-0.1, -0.05) is 42.0 Å². The average molecular weight is 392 g/mol. The average Bonchev–Trinajstić information content (AvgIpc) is 3.16. The molecule has 6 nitrogen and oxygen atoms in total. The second-order valence-electron chi connectivity index (χ2n) is 8.02. The summed E-state index contributed by atoms with van der Waals surface area (Å²) in [5, 5.41) is 3.28. The number of hydrogen-bond acceptors (Lipinski definition) is 5. The van der Waals surface area contributed by atoms with Crippen molar-refractivity contribution in [2.45, 2.75) is 32.4 Å². The van der Waals surface area contributed by atoms with E-state index >= 15 is 0 Å². The molecule has 2 aliphatic rings. The van der Waals surface area contributed by atoms with Gasteiger partial charge in [0, 0.05) is 6.04 Å². The molecule has 2 saturated heterocycles. The molecule has 6 heteroatoms. The number of amides is 2. The standard InChI is InChI=1S/C23H24N2O4/c1-13-9-11-15(12-10-13)25-20(26)17-18(21(25)27)23(3,22(28)29-4)24-19(17)16-8-6-5-7-14(16)2/h5-12,17-19,24H,1-4H3/t17-,18+,19-,23+/m0/s1. The van der Waals surface area contributed by atoms with Crippen LogP contribution in [0, 0.1) is 25.7 Å². The van der Waals surface area contributed by atoms with Crippen LogP contribution in [-0.2, 0) is 19.1 Å². The zero-order valence-electron chi connectivity index (χ0n) is 16.9. The molecule has 4 atom stereocenters. The van der Waals surface area contributed by atoms with Gasteiger partial charge in [0.05, 0.1) is 24.6 Å². The Bertz CT molecular complexity index is 1000. The van der Waals surface area contributed by atoms with E-state index in [1.165, 1.54) is 12.0 Å². The number of hydrogen-bond donors (Lipinski definition) is 1. The van der Waals surface area contributed by atoms with Crippen molar-refractivity contribution < 1.29 is 19.1 Å². The summed E-state index contributed by atoms with van der Waals surface area (Å²) < 4.78 is 5.02. The van der Waals surface area contributed by atoms with E-state index in [1.807, 2.05) is 50.2 Å². The Morgan fingerprint density at radius 2 is 1.69 bits per heavy atom. The predicted octanol–water partition coefficient (Wildman–Crippen LogP) is 2.69. The van der Waals surface area contributed by atoms with Crippen molar-refractivity contribution in [3.05, 3.63) is 65.2 Å². The first-order valence-electron chi connectivity index (χ1n) is 9.65. The van der Waals surface area contributed by atoms with Crippen LogP contribution < -0.4 is 10.2 Å². The molecular weight excluding hydrogens is 368 g/mol. The van der Waals surface area contributed by atoms with Crippen LogP contribution in [0.5, 0.6) is 0 Å². The van der Waals surface area contributed by atoms with Crippen LogP contribution in [0.2, 0.25) is 0 Å². The summed E-state index contributed by atoms with van der Waals surface area (Å²) in [5.41, 5.74) is 2.16. The molecule has 0 spiro atoms. The number of fused-ring (bicyclic) bond motifs is 1. The summed E-state index contributed by atoms with van der Waals surface area (Å²) in [5.74, 6) is -2.74. The van der Waals surface area contributed by atoms with Gasteiger partial charge in [0.2, 0.25) is 11.8 Å². The summed E-state index contributed by atoms with van der Waals surface area (Å²) in [6.45, 7) is 5.55. The van der Waals surface area contributed by atoms with Gasteiger partial charge in [0.1, 0.15) is 5.54 Å². The van der Waals surface area contributed by atoms with E-state index in [0.717, 1.165) is 16.7 Å². The lowest BCUT2D eigenvalue weighted by Crippen LogP contribution is -2.54. The van der Waals surface area contributed by atoms with Crippen LogP contribution in [0.4, 0.5) is 5.69 Å². The number of nitrogens with one attached hydrogen (secondary N) is 1. The Morgan fingerprint density at radius 1 is 1.03 bits per heavy atom. The molecule has 0 unspecified atom stereocenters. The van der Waals surface area contributed by atoms with Crippen LogP contribution >= 0.6 is 0 Å². The van der Waals surface area contributed by atoms with Crippen molar-refractivity contribution in [3.63, 3.8) is 0 Å². The van der Waals surface area contributed by atoms with E-state index in [1.54, 1.807) is 19.1 Å². The van der Waals surface area contributed by atoms with Crippen LogP contribution in [0.15, 0.2) is 48.5 Å². The number of ether oxygens (including phenoxy) is 1. The lowest BCUT2D eigenvalue weighted by Gasteiger charge is -2.29. The molecule has 0 saturated carbocycles. The molecule has 2 aromatic rings. The molecule has 0 aliphatic carbocycles. The second kappa shape index (κ2) is 6.81. The van der Waals surface area contributed by atoms with E-state index in [2.05, 4.69) is 5.32 Å². The highest BCUT2D eigenvalue weighted by molar-refractivity contribution is 6.24. The van der Waals surface area contributed by atoms with Gasteiger partial charge < -0.3 is 4.74 Å². The van der Waals surface area contributed by atoms with Crippen molar-refractivity contribution in [3.8, 4) is 0 Å². The van der Waals surface area contributed by atoms with Gasteiger partial charge in [0.25, 0.3) is 0 Å². The minimum atomic E-state index is -1.29. The lowest BCUT2D eigenvalue weighted by molar-refractivity contribution is -0.151. The van der Waals surface area contributed by atoms with Crippen molar-refractivity contribution in [2.75, 3.05) is 12.0 Å². The highest BCUT2D eigenvalue weighted by Crippen LogP contribution is 2.50. The molecule has 2 fully saturated rings. The third-order valence-corrected chi connectivity index (χ3v) is 6.21. The fourth-order valence-corrected chi connectivity index (χ4v) is 4.69. The minimum absolute atomic E-state index is 0.294. The van der Waals surface area contributed by atoms with Gasteiger partial charge in [-0.15, -0.1) is 0 Å². The van der Waals surface area contributed by atoms with Crippen molar-refractivity contribution in [2.24, 2.45) is 11.8 Å². The molecule has 2 aliphatic heterocycles. The highest BCUT2D eigenvalue weighted by Gasteiger charge is 2.67. The van der Waals surface area contributed by atoms with Crippen molar-refractivity contribution in [1.82, 2.24) is 5.32 Å².